The minimum Gasteiger partial charge on any atom is -0.328 e. The van der Waals surface area contributed by atoms with E-state index in [4.69, 9.17) is 23.2 Å². The first-order valence-electron chi connectivity index (χ1n) is 8.01. The molecule has 140 valence electrons. The molecular weight excluding hydrogens is 401 g/mol. The molecule has 0 bridgehead atoms. The second-order valence-electron chi connectivity index (χ2n) is 6.55. The summed E-state index contributed by atoms with van der Waals surface area (Å²) in [4.78, 5) is 33.8. The van der Waals surface area contributed by atoms with E-state index in [1.165, 1.54) is 29.4 Å². The number of alkyl halides is 1. The van der Waals surface area contributed by atoms with Crippen molar-refractivity contribution in [2.45, 2.75) is 18.0 Å². The molecule has 1 spiro atoms. The molecule has 2 heterocycles. The van der Waals surface area contributed by atoms with Gasteiger partial charge in [0.25, 0.3) is 5.91 Å². The Morgan fingerprint density at radius 2 is 2.00 bits per heavy atom. The summed E-state index contributed by atoms with van der Waals surface area (Å²) in [5, 5.41) is 2.58. The second-order valence-corrected chi connectivity index (χ2v) is 7.39. The monoisotopic (exact) mass is 412 g/mol. The van der Waals surface area contributed by atoms with Crippen LogP contribution in [0.25, 0.3) is 0 Å². The summed E-state index contributed by atoms with van der Waals surface area (Å²) in [6.07, 6.45) is 1.39. The van der Waals surface area contributed by atoms with Crippen LogP contribution in [0.4, 0.5) is 14.7 Å². The lowest BCUT2D eigenvalue weighted by Crippen LogP contribution is -2.48. The molecule has 1 aliphatic carbocycles. The Hall–Kier alpha value is -2.32. The predicted molar refractivity (Wildman–Crippen MR) is 94.2 cm³/mol. The Bertz CT molecular complexity index is 957. The van der Waals surface area contributed by atoms with Crippen molar-refractivity contribution >= 4 is 41.0 Å². The minimum absolute atomic E-state index is 0.00481. The van der Waals surface area contributed by atoms with Gasteiger partial charge >= 0.3 is 0 Å². The zero-order valence-electron chi connectivity index (χ0n) is 13.7. The summed E-state index contributed by atoms with van der Waals surface area (Å²) in [7, 11) is 0. The highest BCUT2D eigenvalue weighted by Crippen LogP contribution is 2.55. The Balaban J connectivity index is 1.58. The first-order chi connectivity index (χ1) is 12.8. The lowest BCUT2D eigenvalue weighted by molar-refractivity contribution is -0.117. The van der Waals surface area contributed by atoms with Gasteiger partial charge in [-0.3, -0.25) is 14.9 Å². The van der Waals surface area contributed by atoms with Gasteiger partial charge in [0.15, 0.2) is 0 Å². The fourth-order valence-corrected chi connectivity index (χ4v) is 3.66. The van der Waals surface area contributed by atoms with Crippen LogP contribution < -0.4 is 5.32 Å². The topological polar surface area (TPSA) is 75.2 Å². The fourth-order valence-electron chi connectivity index (χ4n) is 3.40. The minimum atomic E-state index is -1.30. The maximum absolute atomic E-state index is 14.5. The summed E-state index contributed by atoms with van der Waals surface area (Å²) in [6, 6.07) is 2.62. The van der Waals surface area contributed by atoms with Crippen molar-refractivity contribution in [1.82, 2.24) is 14.9 Å². The molecule has 10 heteroatoms. The number of carbonyl (C=O) groups excluding carboxylic acids is 2. The zero-order valence-corrected chi connectivity index (χ0v) is 15.2. The lowest BCUT2D eigenvalue weighted by atomic mass is 9.85. The standard InChI is InChI=1S/C17H12Cl2F2N4O2/c18-8-4-22-16(23-5-8)24-12(26)6-25-7-17(3-11(17)20)13-9(15(25)27)1-2-10(19)14(13)21/h1-2,4-5,11H,3,6-7H2,(H,22,23,24,26)/t11-,17-/m1/s1. The van der Waals surface area contributed by atoms with E-state index >= 15 is 0 Å². The van der Waals surface area contributed by atoms with Gasteiger partial charge < -0.3 is 4.90 Å². The fraction of sp³-hybridized carbons (Fsp3) is 0.294. The molecule has 6 nitrogen and oxygen atoms in total. The van der Waals surface area contributed by atoms with E-state index < -0.39 is 29.2 Å². The molecule has 1 aromatic carbocycles. The first kappa shape index (κ1) is 18.1. The van der Waals surface area contributed by atoms with Crippen molar-refractivity contribution in [3.8, 4) is 0 Å². The molecule has 27 heavy (non-hydrogen) atoms. The van der Waals surface area contributed by atoms with E-state index in [9.17, 15) is 18.4 Å². The number of nitrogens with zero attached hydrogens (tertiary/aromatic N) is 3. The van der Waals surface area contributed by atoms with Crippen LogP contribution in [0.5, 0.6) is 0 Å². The second kappa shape index (κ2) is 6.38. The third-order valence-corrected chi connectivity index (χ3v) is 5.26. The molecule has 1 aromatic heterocycles. The SMILES string of the molecule is O=C(CN1C[C@@]2(C[C@H]2F)c2c(ccc(Cl)c2F)C1=O)Nc1ncc(Cl)cn1. The highest BCUT2D eigenvalue weighted by molar-refractivity contribution is 6.31. The van der Waals surface area contributed by atoms with Crippen molar-refractivity contribution in [3.63, 3.8) is 0 Å². The number of nitrogens with one attached hydrogen (secondary N) is 1. The normalized spacial score (nSPS) is 23.3. The molecule has 2 amide bonds. The number of hydrogen-bond acceptors (Lipinski definition) is 4. The van der Waals surface area contributed by atoms with Gasteiger partial charge in [-0.2, -0.15) is 0 Å². The van der Waals surface area contributed by atoms with Crippen molar-refractivity contribution < 1.29 is 18.4 Å². The molecule has 1 N–H and O–H groups in total. The molecule has 0 saturated heterocycles. The zero-order chi connectivity index (χ0) is 19.3. The van der Waals surface area contributed by atoms with Crippen molar-refractivity contribution in [3.05, 3.63) is 51.5 Å². The van der Waals surface area contributed by atoms with Crippen molar-refractivity contribution in [2.24, 2.45) is 0 Å². The molecule has 2 aromatic rings. The van der Waals surface area contributed by atoms with Crippen LogP contribution >= 0.6 is 23.2 Å². The third-order valence-electron chi connectivity index (χ3n) is 4.77. The molecule has 1 fully saturated rings. The molecule has 2 aliphatic rings. The van der Waals surface area contributed by atoms with Gasteiger partial charge in [-0.1, -0.05) is 23.2 Å². The summed E-state index contributed by atoms with van der Waals surface area (Å²) in [5.74, 6) is -1.87. The van der Waals surface area contributed by atoms with Crippen LogP contribution in [-0.2, 0) is 10.2 Å². The Morgan fingerprint density at radius 3 is 2.63 bits per heavy atom. The van der Waals surface area contributed by atoms with Gasteiger partial charge in [-0.15, -0.1) is 0 Å². The number of benzene rings is 1. The molecule has 0 unspecified atom stereocenters. The molecule has 1 saturated carbocycles. The van der Waals surface area contributed by atoms with Crippen LogP contribution in [-0.4, -0.2) is 45.9 Å². The Kier molecular flexibility index (Phi) is 4.27. The quantitative estimate of drug-likeness (QED) is 0.840. The lowest BCUT2D eigenvalue weighted by Gasteiger charge is -2.34. The van der Waals surface area contributed by atoms with Crippen LogP contribution in [0, 0.1) is 5.82 Å². The number of halogens is 4. The van der Waals surface area contributed by atoms with Crippen molar-refractivity contribution in [2.75, 3.05) is 18.4 Å². The predicted octanol–water partition coefficient (Wildman–Crippen LogP) is 3.00. The van der Waals surface area contributed by atoms with Crippen LogP contribution in [0.15, 0.2) is 24.5 Å². The number of anilines is 1. The number of hydrogen-bond donors (Lipinski definition) is 1. The largest absolute Gasteiger partial charge is 0.328 e. The summed E-state index contributed by atoms with van der Waals surface area (Å²) >= 11 is 11.5. The molecule has 0 radical (unpaired) electrons. The Labute approximate surface area is 162 Å². The van der Waals surface area contributed by atoms with Crippen LogP contribution in [0.2, 0.25) is 10.0 Å². The van der Waals surface area contributed by atoms with E-state index in [-0.39, 0.29) is 41.6 Å². The third kappa shape index (κ3) is 3.02. The summed E-state index contributed by atoms with van der Waals surface area (Å²) < 4.78 is 28.7. The number of aromatic nitrogens is 2. The van der Waals surface area contributed by atoms with Gasteiger partial charge in [0.1, 0.15) is 18.5 Å². The van der Waals surface area contributed by atoms with E-state index in [1.54, 1.807) is 0 Å². The number of carbonyl (C=O) groups is 2. The highest BCUT2D eigenvalue weighted by atomic mass is 35.5. The summed E-state index contributed by atoms with van der Waals surface area (Å²) in [6.45, 7) is -0.449. The Morgan fingerprint density at radius 1 is 1.33 bits per heavy atom. The first-order valence-corrected chi connectivity index (χ1v) is 8.76. The van der Waals surface area contributed by atoms with E-state index in [1.807, 2.05) is 0 Å². The number of rotatable bonds is 3. The molecule has 1 aliphatic heterocycles. The maximum Gasteiger partial charge on any atom is 0.254 e. The van der Waals surface area contributed by atoms with E-state index in [0.717, 1.165) is 0 Å². The number of fused-ring (bicyclic) bond motifs is 2. The van der Waals surface area contributed by atoms with Crippen LogP contribution in [0.1, 0.15) is 22.3 Å². The average Bonchev–Trinajstić information content (AvgIpc) is 3.26. The molecular formula is C17H12Cl2F2N4O2. The van der Waals surface area contributed by atoms with Gasteiger partial charge in [0.05, 0.1) is 27.9 Å². The van der Waals surface area contributed by atoms with Crippen molar-refractivity contribution in [1.29, 1.82) is 0 Å². The molecule has 2 atom stereocenters. The van der Waals surface area contributed by atoms with Crippen LogP contribution in [0.3, 0.4) is 0 Å². The van der Waals surface area contributed by atoms with Gasteiger partial charge in [0, 0.05) is 17.7 Å². The van der Waals surface area contributed by atoms with E-state index in [0.29, 0.717) is 5.02 Å². The van der Waals surface area contributed by atoms with Gasteiger partial charge in [-0.25, -0.2) is 18.7 Å². The van der Waals surface area contributed by atoms with Gasteiger partial charge in [-0.05, 0) is 18.6 Å². The number of amides is 2. The van der Waals surface area contributed by atoms with E-state index in [2.05, 4.69) is 15.3 Å². The van der Waals surface area contributed by atoms with Gasteiger partial charge in [0.2, 0.25) is 11.9 Å². The summed E-state index contributed by atoms with van der Waals surface area (Å²) in [5.41, 5.74) is -1.13. The average molecular weight is 413 g/mol. The highest BCUT2D eigenvalue weighted by Gasteiger charge is 2.62. The maximum atomic E-state index is 14.5. The smallest absolute Gasteiger partial charge is 0.254 e. The molecule has 4 rings (SSSR count).